The van der Waals surface area contributed by atoms with Crippen LogP contribution in [0.3, 0.4) is 0 Å². The fourth-order valence-electron chi connectivity index (χ4n) is 4.55. The van der Waals surface area contributed by atoms with E-state index in [-0.39, 0.29) is 26.6 Å². The summed E-state index contributed by atoms with van der Waals surface area (Å²) in [5.74, 6) is 0. The maximum atomic E-state index is 7.50. The normalized spacial score (nSPS) is 10.1. The smallest absolute Gasteiger partial charge is 0 e. The van der Waals surface area contributed by atoms with Gasteiger partial charge in [-0.2, -0.15) is 0 Å². The largest absolute Gasteiger partial charge is 0.0622 e. The van der Waals surface area contributed by atoms with E-state index in [1.807, 2.05) is 85.5 Å². The molecule has 0 bridgehead atoms. The predicted molar refractivity (Wildman–Crippen MR) is 184 cm³/mol. The van der Waals surface area contributed by atoms with Crippen LogP contribution < -0.4 is 15.9 Å². The van der Waals surface area contributed by atoms with Crippen molar-refractivity contribution in [3.05, 3.63) is 149 Å². The summed E-state index contributed by atoms with van der Waals surface area (Å²) in [6, 6.07) is 32.3. The molecule has 0 aliphatic rings. The Labute approximate surface area is 287 Å². The molecule has 3 aromatic carbocycles. The molecule has 0 saturated carbocycles. The molecule has 0 amide bonds. The van der Waals surface area contributed by atoms with Crippen LogP contribution in [0.5, 0.6) is 0 Å². The van der Waals surface area contributed by atoms with Crippen LogP contribution in [0.25, 0.3) is 0 Å². The zero-order chi connectivity index (χ0) is 30.9. The third-order valence-corrected chi connectivity index (χ3v) is 10.7. The van der Waals surface area contributed by atoms with Crippen molar-refractivity contribution in [3.63, 3.8) is 0 Å². The van der Waals surface area contributed by atoms with E-state index in [4.69, 9.17) is 41.3 Å². The minimum Gasteiger partial charge on any atom is -0.0622 e. The van der Waals surface area contributed by atoms with E-state index >= 15 is 0 Å². The van der Waals surface area contributed by atoms with Gasteiger partial charge < -0.3 is 27.1 Å². The molecule has 6 rings (SSSR count). The summed E-state index contributed by atoms with van der Waals surface area (Å²) < 4.78 is 21.2. The van der Waals surface area contributed by atoms with Crippen LogP contribution >= 0.6 is 44.6 Å². The first-order chi connectivity index (χ1) is 20.9. The van der Waals surface area contributed by atoms with Gasteiger partial charge in [0.15, 0.2) is 14.3 Å². The molecule has 44 heavy (non-hydrogen) atoms. The number of aryl methyl sites for hydroxylation is 3. The van der Waals surface area contributed by atoms with E-state index < -0.39 is 7.92 Å². The SMILES string of the molecule is Cn1ccn(B(n2ccn(C)c2=S)n2ccn(C)c2=S)c1=S.[C-]#[O+].[Ru].c1ccc(P(c2ccccc2)c2ccccc2)cc1. The van der Waals surface area contributed by atoms with E-state index in [2.05, 4.69) is 97.6 Å². The van der Waals surface area contributed by atoms with Gasteiger partial charge in [0.1, 0.15) is 0 Å². The van der Waals surface area contributed by atoms with Gasteiger partial charge in [-0.25, -0.2) is 0 Å². The van der Waals surface area contributed by atoms with Crippen LogP contribution in [-0.4, -0.2) is 34.3 Å². The van der Waals surface area contributed by atoms with Gasteiger partial charge in [0.25, 0.3) is 0 Å². The molecule has 0 aliphatic heterocycles. The Kier molecular flexibility index (Phi) is 13.4. The molecule has 7 nitrogen and oxygen atoms in total. The van der Waals surface area contributed by atoms with Gasteiger partial charge in [-0.05, 0) is 60.5 Å². The van der Waals surface area contributed by atoms with Crippen molar-refractivity contribution in [1.82, 2.24) is 27.1 Å². The molecule has 0 N–H and O–H groups in total. The summed E-state index contributed by atoms with van der Waals surface area (Å²) in [6.45, 7) is 4.50. The first-order valence-electron chi connectivity index (χ1n) is 13.2. The Bertz CT molecular complexity index is 1740. The molecule has 0 aliphatic carbocycles. The van der Waals surface area contributed by atoms with Gasteiger partial charge in [0.2, 0.25) is 0 Å². The van der Waals surface area contributed by atoms with Gasteiger partial charge in [-0.1, -0.05) is 91.0 Å². The zero-order valence-corrected chi connectivity index (χ0v) is 29.4. The number of benzene rings is 3. The Morgan fingerprint density at radius 3 is 0.955 bits per heavy atom. The van der Waals surface area contributed by atoms with Gasteiger partial charge >= 0.3 is 18.4 Å². The van der Waals surface area contributed by atoms with Crippen molar-refractivity contribution in [3.8, 4) is 0 Å². The second-order valence-electron chi connectivity index (χ2n) is 9.49. The van der Waals surface area contributed by atoms with Gasteiger partial charge in [0, 0.05) is 77.8 Å². The third-order valence-electron chi connectivity index (χ3n) is 6.71. The van der Waals surface area contributed by atoms with Crippen LogP contribution in [0.1, 0.15) is 0 Å². The predicted octanol–water partition coefficient (Wildman–Crippen LogP) is 5.63. The molecule has 3 aromatic heterocycles. The summed E-state index contributed by atoms with van der Waals surface area (Å²) in [7, 11) is 5.05. The molecule has 3 heterocycles. The third kappa shape index (κ3) is 7.90. The monoisotopic (exact) mass is 742 g/mol. The fourth-order valence-corrected chi connectivity index (χ4v) is 7.51. The quantitative estimate of drug-likeness (QED) is 0.0732. The first kappa shape index (κ1) is 35.3. The molecule has 0 saturated heterocycles. The molecule has 0 radical (unpaired) electrons. The summed E-state index contributed by atoms with van der Waals surface area (Å²) in [6.07, 6.45) is 11.6. The number of hydrogen-bond donors (Lipinski definition) is 0. The van der Waals surface area contributed by atoms with Gasteiger partial charge in [0.05, 0.1) is 0 Å². The number of aromatic nitrogens is 6. The number of rotatable bonds is 6. The second-order valence-corrected chi connectivity index (χ2v) is 12.8. The molecule has 224 valence electrons. The zero-order valence-electron chi connectivity index (χ0n) is 24.3. The van der Waals surface area contributed by atoms with Crippen molar-refractivity contribution in [2.24, 2.45) is 21.1 Å². The average Bonchev–Trinajstić information content (AvgIpc) is 3.69. The van der Waals surface area contributed by atoms with Crippen LogP contribution in [0.15, 0.2) is 128 Å². The Morgan fingerprint density at radius 1 is 0.500 bits per heavy atom. The van der Waals surface area contributed by atoms with E-state index in [9.17, 15) is 0 Å². The number of hydrogen-bond acceptors (Lipinski definition) is 3. The van der Waals surface area contributed by atoms with Crippen LogP contribution in [-0.2, 0) is 45.3 Å². The molecule has 13 heteroatoms. The average molecular weight is 742 g/mol. The summed E-state index contributed by atoms with van der Waals surface area (Å²) >= 11 is 16.6. The summed E-state index contributed by atoms with van der Waals surface area (Å²) in [5, 5.41) is 4.19. The fraction of sp³-hybridized carbons (Fsp3) is 0.0968. The van der Waals surface area contributed by atoms with Crippen LogP contribution in [0.2, 0.25) is 0 Å². The topological polar surface area (TPSA) is 49.5 Å². The maximum Gasteiger partial charge on any atom is 0 e. The van der Waals surface area contributed by atoms with Crippen molar-refractivity contribution in [2.75, 3.05) is 0 Å². The van der Waals surface area contributed by atoms with Crippen molar-refractivity contribution in [1.29, 1.82) is 0 Å². The maximum absolute atomic E-state index is 7.50. The van der Waals surface area contributed by atoms with E-state index in [0.29, 0.717) is 14.3 Å². The molecular formula is C31H30BN6OPRuS3. The minimum atomic E-state index is -0.446. The van der Waals surface area contributed by atoms with Crippen LogP contribution in [0, 0.1) is 21.0 Å². The van der Waals surface area contributed by atoms with Gasteiger partial charge in [-0.15, -0.1) is 0 Å². The molecule has 0 atom stereocenters. The van der Waals surface area contributed by atoms with Crippen molar-refractivity contribution in [2.45, 2.75) is 0 Å². The molecule has 6 aromatic rings. The standard InChI is InChI=1S/C18H15P.C12H15BN6S3.CO.Ru/c1-4-10-16(11-5-1)19(17-12-6-2-7-13-17)18-14-8-3-9-15-18;1-14-4-7-17(10(14)20)13(18-8-5-15(2)11(18)21)19-9-6-16(3)12(19)22;1-2;/h1-15H;4-9H,1-3H3;;. The Hall–Kier alpha value is -3.19. The molecule has 0 fully saturated rings. The van der Waals surface area contributed by atoms with E-state index in [0.717, 1.165) is 0 Å². The Morgan fingerprint density at radius 2 is 0.750 bits per heavy atom. The number of nitrogens with zero attached hydrogens (tertiary/aromatic N) is 6. The van der Waals surface area contributed by atoms with Crippen LogP contribution in [0.4, 0.5) is 0 Å². The van der Waals surface area contributed by atoms with Gasteiger partial charge in [-0.3, -0.25) is 0 Å². The summed E-state index contributed by atoms with van der Waals surface area (Å²) in [4.78, 5) is 0. The number of imidazole rings is 3. The van der Waals surface area contributed by atoms with E-state index in [1.165, 1.54) is 15.9 Å². The summed E-state index contributed by atoms with van der Waals surface area (Å²) in [5.41, 5.74) is 0. The first-order valence-corrected chi connectivity index (χ1v) is 15.8. The van der Waals surface area contributed by atoms with Crippen molar-refractivity contribution >= 4 is 67.6 Å². The molecule has 0 unspecified atom stereocenters. The Balaban J connectivity index is 0.000000225. The minimum absolute atomic E-state index is 0. The van der Waals surface area contributed by atoms with Crippen molar-refractivity contribution < 1.29 is 24.1 Å². The molecular weight excluding hydrogens is 711 g/mol. The second kappa shape index (κ2) is 16.8. The van der Waals surface area contributed by atoms with E-state index in [1.54, 1.807) is 0 Å². The molecule has 0 spiro atoms.